The molecule has 0 unspecified atom stereocenters. The van der Waals surface area contributed by atoms with E-state index in [-0.39, 0.29) is 11.8 Å². The van der Waals surface area contributed by atoms with Gasteiger partial charge < -0.3 is 10.6 Å². The van der Waals surface area contributed by atoms with Crippen LogP contribution in [0, 0.1) is 19.3 Å². The molecule has 0 saturated heterocycles. The van der Waals surface area contributed by atoms with Crippen LogP contribution in [0.1, 0.15) is 24.0 Å². The zero-order valence-electron chi connectivity index (χ0n) is 14.0. The van der Waals surface area contributed by atoms with Gasteiger partial charge in [0, 0.05) is 0 Å². The molecule has 0 aromatic heterocycles. The van der Waals surface area contributed by atoms with Crippen LogP contribution in [0.4, 0.5) is 11.4 Å². The molecule has 3 rings (SSSR count). The molecule has 25 heavy (non-hydrogen) atoms. The number of amides is 2. The predicted octanol–water partition coefficient (Wildman–Crippen LogP) is 4.97. The monoisotopic (exact) mass is 376 g/mol. The molecule has 2 aromatic carbocycles. The maximum atomic E-state index is 12.7. The van der Waals surface area contributed by atoms with Crippen molar-refractivity contribution in [2.75, 3.05) is 10.6 Å². The molecule has 0 radical (unpaired) electrons. The fourth-order valence-electron chi connectivity index (χ4n) is 2.79. The normalized spacial score (nSPS) is 14.7. The van der Waals surface area contributed by atoms with Crippen LogP contribution in [-0.4, -0.2) is 11.8 Å². The molecule has 0 heterocycles. The van der Waals surface area contributed by atoms with Gasteiger partial charge in [-0.2, -0.15) is 0 Å². The van der Waals surface area contributed by atoms with Crippen molar-refractivity contribution >= 4 is 46.4 Å². The van der Waals surface area contributed by atoms with Gasteiger partial charge in [-0.05, 0) is 56.0 Å². The SMILES string of the molecule is Cc1cc(C)c(NC(=O)C2(C(=O)Nc3ccccc3Cl)CC2)c(Cl)c1. The summed E-state index contributed by atoms with van der Waals surface area (Å²) in [5.41, 5.74) is 1.85. The molecule has 0 atom stereocenters. The molecule has 4 nitrogen and oxygen atoms in total. The summed E-state index contributed by atoms with van der Waals surface area (Å²) < 4.78 is 0. The summed E-state index contributed by atoms with van der Waals surface area (Å²) in [5.74, 6) is -0.690. The summed E-state index contributed by atoms with van der Waals surface area (Å²) in [4.78, 5) is 25.4. The third kappa shape index (κ3) is 3.51. The zero-order valence-corrected chi connectivity index (χ0v) is 15.5. The Hall–Kier alpha value is -2.04. The van der Waals surface area contributed by atoms with E-state index in [4.69, 9.17) is 23.2 Å². The number of benzene rings is 2. The molecule has 2 N–H and O–H groups in total. The third-order valence-electron chi connectivity index (χ3n) is 4.41. The van der Waals surface area contributed by atoms with Crippen LogP contribution in [0.5, 0.6) is 0 Å². The molecule has 0 aliphatic heterocycles. The average molecular weight is 377 g/mol. The lowest BCUT2D eigenvalue weighted by molar-refractivity contribution is -0.131. The van der Waals surface area contributed by atoms with E-state index in [1.54, 1.807) is 30.3 Å². The first-order valence-corrected chi connectivity index (χ1v) is 8.73. The number of para-hydroxylation sites is 1. The molecule has 1 aliphatic rings. The fraction of sp³-hybridized carbons (Fsp3) is 0.263. The van der Waals surface area contributed by atoms with Crippen LogP contribution in [-0.2, 0) is 9.59 Å². The van der Waals surface area contributed by atoms with E-state index in [2.05, 4.69) is 10.6 Å². The summed E-state index contributed by atoms with van der Waals surface area (Å²) in [7, 11) is 0. The lowest BCUT2D eigenvalue weighted by Crippen LogP contribution is -2.36. The Kier molecular flexibility index (Phi) is 4.76. The number of hydrogen-bond donors (Lipinski definition) is 2. The van der Waals surface area contributed by atoms with Gasteiger partial charge in [0.1, 0.15) is 5.41 Å². The summed E-state index contributed by atoms with van der Waals surface area (Å²) in [6.45, 7) is 3.81. The van der Waals surface area contributed by atoms with E-state index >= 15 is 0 Å². The van der Waals surface area contributed by atoms with Gasteiger partial charge in [-0.1, -0.05) is 41.4 Å². The number of halogens is 2. The molecular weight excluding hydrogens is 359 g/mol. The minimum atomic E-state index is -1.07. The van der Waals surface area contributed by atoms with Crippen molar-refractivity contribution in [3.8, 4) is 0 Å². The van der Waals surface area contributed by atoms with Crippen LogP contribution in [0.25, 0.3) is 0 Å². The Bertz CT molecular complexity index is 837. The summed E-state index contributed by atoms with van der Waals surface area (Å²) in [6, 6.07) is 10.7. The van der Waals surface area contributed by atoms with E-state index < -0.39 is 5.41 Å². The Morgan fingerprint density at radius 3 is 2.20 bits per heavy atom. The van der Waals surface area contributed by atoms with E-state index in [1.165, 1.54) is 0 Å². The average Bonchev–Trinajstić information content (AvgIpc) is 3.34. The second-order valence-electron chi connectivity index (χ2n) is 6.41. The quantitative estimate of drug-likeness (QED) is 0.740. The largest absolute Gasteiger partial charge is 0.324 e. The first-order chi connectivity index (χ1) is 11.8. The highest BCUT2D eigenvalue weighted by atomic mass is 35.5. The summed E-state index contributed by atoms with van der Waals surface area (Å²) in [6.07, 6.45) is 0.995. The van der Waals surface area contributed by atoms with E-state index in [1.807, 2.05) is 19.9 Å². The first-order valence-electron chi connectivity index (χ1n) is 7.98. The molecular formula is C19H18Cl2N2O2. The van der Waals surface area contributed by atoms with Gasteiger partial charge in [-0.15, -0.1) is 0 Å². The van der Waals surface area contributed by atoms with Gasteiger partial charge in [0.25, 0.3) is 0 Å². The maximum Gasteiger partial charge on any atom is 0.240 e. The Morgan fingerprint density at radius 1 is 0.960 bits per heavy atom. The fourth-order valence-corrected chi connectivity index (χ4v) is 3.35. The molecule has 1 saturated carbocycles. The van der Waals surface area contributed by atoms with Gasteiger partial charge in [0.15, 0.2) is 0 Å². The van der Waals surface area contributed by atoms with Crippen molar-refractivity contribution in [2.24, 2.45) is 5.41 Å². The Balaban J connectivity index is 1.78. The number of carbonyl (C=O) groups is 2. The highest BCUT2D eigenvalue weighted by Crippen LogP contribution is 2.48. The third-order valence-corrected chi connectivity index (χ3v) is 5.04. The first kappa shape index (κ1) is 17.8. The number of aryl methyl sites for hydroxylation is 2. The van der Waals surface area contributed by atoms with Gasteiger partial charge in [-0.3, -0.25) is 9.59 Å². The second kappa shape index (κ2) is 6.70. The molecule has 1 aliphatic carbocycles. The van der Waals surface area contributed by atoms with Crippen LogP contribution >= 0.6 is 23.2 Å². The van der Waals surface area contributed by atoms with Gasteiger partial charge in [0.2, 0.25) is 11.8 Å². The Morgan fingerprint density at radius 2 is 1.60 bits per heavy atom. The lowest BCUT2D eigenvalue weighted by atomic mass is 10.0. The van der Waals surface area contributed by atoms with Crippen molar-refractivity contribution in [3.63, 3.8) is 0 Å². The highest BCUT2D eigenvalue weighted by molar-refractivity contribution is 6.35. The molecule has 1 fully saturated rings. The smallest absolute Gasteiger partial charge is 0.240 e. The topological polar surface area (TPSA) is 58.2 Å². The van der Waals surface area contributed by atoms with Crippen molar-refractivity contribution in [2.45, 2.75) is 26.7 Å². The van der Waals surface area contributed by atoms with Crippen LogP contribution in [0.15, 0.2) is 36.4 Å². The van der Waals surface area contributed by atoms with Crippen LogP contribution in [0.2, 0.25) is 10.0 Å². The van der Waals surface area contributed by atoms with E-state index in [9.17, 15) is 9.59 Å². The van der Waals surface area contributed by atoms with Crippen molar-refractivity contribution < 1.29 is 9.59 Å². The van der Waals surface area contributed by atoms with Crippen molar-refractivity contribution in [1.29, 1.82) is 0 Å². The number of hydrogen-bond acceptors (Lipinski definition) is 2. The Labute approximate surface area is 156 Å². The minimum absolute atomic E-state index is 0.342. The standard InChI is InChI=1S/C19H18Cl2N2O2/c1-11-9-12(2)16(14(21)10-11)23-18(25)19(7-8-19)17(24)22-15-6-4-3-5-13(15)20/h3-6,9-10H,7-8H2,1-2H3,(H,22,24)(H,23,25). The zero-order chi connectivity index (χ0) is 18.2. The molecule has 0 bridgehead atoms. The number of rotatable bonds is 4. The van der Waals surface area contributed by atoms with Gasteiger partial charge in [0.05, 0.1) is 21.4 Å². The summed E-state index contributed by atoms with van der Waals surface area (Å²) >= 11 is 12.3. The van der Waals surface area contributed by atoms with Crippen molar-refractivity contribution in [1.82, 2.24) is 0 Å². The van der Waals surface area contributed by atoms with E-state index in [0.717, 1.165) is 11.1 Å². The summed E-state index contributed by atoms with van der Waals surface area (Å²) in [5, 5.41) is 6.48. The van der Waals surface area contributed by atoms with Gasteiger partial charge in [-0.25, -0.2) is 0 Å². The van der Waals surface area contributed by atoms with Crippen molar-refractivity contribution in [3.05, 3.63) is 57.6 Å². The number of anilines is 2. The molecule has 6 heteroatoms. The van der Waals surface area contributed by atoms with Crippen LogP contribution in [0.3, 0.4) is 0 Å². The number of carbonyl (C=O) groups excluding carboxylic acids is 2. The van der Waals surface area contributed by atoms with Crippen LogP contribution < -0.4 is 10.6 Å². The molecule has 2 amide bonds. The lowest BCUT2D eigenvalue weighted by Gasteiger charge is -2.18. The molecule has 0 spiro atoms. The minimum Gasteiger partial charge on any atom is -0.324 e. The highest BCUT2D eigenvalue weighted by Gasteiger charge is 2.56. The number of nitrogens with one attached hydrogen (secondary N) is 2. The second-order valence-corrected chi connectivity index (χ2v) is 7.22. The predicted molar refractivity (Wildman–Crippen MR) is 101 cm³/mol. The molecule has 130 valence electrons. The van der Waals surface area contributed by atoms with E-state index in [0.29, 0.717) is 34.3 Å². The maximum absolute atomic E-state index is 12.7. The van der Waals surface area contributed by atoms with Gasteiger partial charge >= 0.3 is 0 Å². The molecule has 2 aromatic rings.